The number of nitrogens with one attached hydrogen (secondary N) is 2. The number of aromatic nitrogens is 5. The van der Waals surface area contributed by atoms with Crippen molar-refractivity contribution in [1.29, 1.82) is 0 Å². The van der Waals surface area contributed by atoms with Crippen LogP contribution in [0.3, 0.4) is 0 Å². The molecule has 0 aromatic carbocycles. The van der Waals surface area contributed by atoms with Gasteiger partial charge in [0.25, 0.3) is 0 Å². The number of rotatable bonds is 2. The third kappa shape index (κ3) is 2.51. The number of hydrogen-bond donors (Lipinski definition) is 3. The Morgan fingerprint density at radius 1 is 1.35 bits per heavy atom. The first-order chi connectivity index (χ1) is 9.42. The van der Waals surface area contributed by atoms with Gasteiger partial charge >= 0.3 is 0 Å². The Balaban J connectivity index is 2.02. The van der Waals surface area contributed by atoms with Crippen LogP contribution in [0, 0.1) is 0 Å². The summed E-state index contributed by atoms with van der Waals surface area (Å²) >= 11 is 0. The summed E-state index contributed by atoms with van der Waals surface area (Å²) in [6.45, 7) is 7.46. The van der Waals surface area contributed by atoms with Gasteiger partial charge in [-0.1, -0.05) is 5.21 Å². The van der Waals surface area contributed by atoms with Gasteiger partial charge in [-0.05, 0) is 27.2 Å². The highest BCUT2D eigenvalue weighted by atomic mass is 16.3. The zero-order valence-electron chi connectivity index (χ0n) is 11.9. The van der Waals surface area contributed by atoms with E-state index in [1.165, 1.54) is 0 Å². The third-order valence-corrected chi connectivity index (χ3v) is 3.12. The number of anilines is 2. The molecule has 3 N–H and O–H groups in total. The summed E-state index contributed by atoms with van der Waals surface area (Å²) in [7, 11) is 0. The van der Waals surface area contributed by atoms with Crippen LogP contribution in [0.25, 0.3) is 11.2 Å². The number of aromatic amines is 1. The number of aliphatic hydroxyl groups is 1. The highest BCUT2D eigenvalue weighted by Crippen LogP contribution is 2.26. The second-order valence-electron chi connectivity index (χ2n) is 6.14. The molecule has 2 aromatic heterocycles. The molecule has 1 aliphatic rings. The lowest BCUT2D eigenvalue weighted by Gasteiger charge is -2.22. The highest BCUT2D eigenvalue weighted by molar-refractivity contribution is 5.83. The van der Waals surface area contributed by atoms with Crippen molar-refractivity contribution in [3.8, 4) is 0 Å². The molecule has 8 heteroatoms. The van der Waals surface area contributed by atoms with E-state index in [0.717, 1.165) is 13.0 Å². The molecule has 0 radical (unpaired) electrons. The Bertz CT molecular complexity index is 618. The number of H-pyrrole nitrogens is 1. The lowest BCUT2D eigenvalue weighted by molar-refractivity contribution is 0.198. The molecular formula is C12H19N7O. The molecule has 1 fully saturated rings. The maximum absolute atomic E-state index is 9.69. The first-order valence-electron chi connectivity index (χ1n) is 6.72. The van der Waals surface area contributed by atoms with E-state index in [4.69, 9.17) is 0 Å². The Labute approximate surface area is 116 Å². The van der Waals surface area contributed by atoms with Gasteiger partial charge in [0, 0.05) is 18.6 Å². The highest BCUT2D eigenvalue weighted by Gasteiger charge is 2.25. The van der Waals surface area contributed by atoms with Gasteiger partial charge in [0.1, 0.15) is 0 Å². The van der Waals surface area contributed by atoms with E-state index in [1.54, 1.807) is 0 Å². The molecule has 0 spiro atoms. The van der Waals surface area contributed by atoms with Crippen LogP contribution < -0.4 is 10.2 Å². The molecule has 1 aliphatic heterocycles. The third-order valence-electron chi connectivity index (χ3n) is 3.12. The van der Waals surface area contributed by atoms with Crippen LogP contribution in [0.2, 0.25) is 0 Å². The number of nitrogens with zero attached hydrogens (tertiary/aromatic N) is 5. The van der Waals surface area contributed by atoms with E-state index in [-0.39, 0.29) is 11.6 Å². The van der Waals surface area contributed by atoms with Crippen molar-refractivity contribution in [3.05, 3.63) is 0 Å². The molecule has 8 nitrogen and oxygen atoms in total. The van der Waals surface area contributed by atoms with Crippen LogP contribution in [0.4, 0.5) is 11.8 Å². The van der Waals surface area contributed by atoms with Crippen molar-refractivity contribution in [2.75, 3.05) is 23.3 Å². The molecule has 3 heterocycles. The predicted molar refractivity (Wildman–Crippen MR) is 75.7 cm³/mol. The minimum Gasteiger partial charge on any atom is -0.391 e. The smallest absolute Gasteiger partial charge is 0.227 e. The Morgan fingerprint density at radius 3 is 2.80 bits per heavy atom. The summed E-state index contributed by atoms with van der Waals surface area (Å²) in [6, 6.07) is 0. The summed E-state index contributed by atoms with van der Waals surface area (Å²) in [5.41, 5.74) is 1.10. The van der Waals surface area contributed by atoms with Crippen molar-refractivity contribution >= 4 is 22.9 Å². The maximum atomic E-state index is 9.69. The molecule has 1 unspecified atom stereocenters. The average Bonchev–Trinajstić information content (AvgIpc) is 2.94. The van der Waals surface area contributed by atoms with Gasteiger partial charge in [-0.15, -0.1) is 5.10 Å². The molecule has 0 amide bonds. The summed E-state index contributed by atoms with van der Waals surface area (Å²) in [4.78, 5) is 10.9. The van der Waals surface area contributed by atoms with Crippen molar-refractivity contribution in [2.45, 2.75) is 38.8 Å². The molecule has 108 valence electrons. The minimum atomic E-state index is -0.314. The van der Waals surface area contributed by atoms with Gasteiger partial charge in [-0.3, -0.25) is 0 Å². The van der Waals surface area contributed by atoms with Crippen molar-refractivity contribution in [2.24, 2.45) is 0 Å². The monoisotopic (exact) mass is 277 g/mol. The molecule has 20 heavy (non-hydrogen) atoms. The molecule has 2 aromatic rings. The van der Waals surface area contributed by atoms with Crippen molar-refractivity contribution < 1.29 is 5.11 Å². The number of β-amino-alcohol motifs (C(OH)–C–C–N with tert-alkyl or cyclic N) is 1. The first-order valence-corrected chi connectivity index (χ1v) is 6.72. The van der Waals surface area contributed by atoms with Crippen molar-refractivity contribution in [3.63, 3.8) is 0 Å². The number of fused-ring (bicyclic) bond motifs is 1. The van der Waals surface area contributed by atoms with E-state index < -0.39 is 0 Å². The fourth-order valence-corrected chi connectivity index (χ4v) is 2.28. The normalized spacial score (nSPS) is 19.8. The van der Waals surface area contributed by atoms with E-state index in [2.05, 4.69) is 30.7 Å². The number of aliphatic hydroxyl groups excluding tert-OH is 1. The van der Waals surface area contributed by atoms with E-state index >= 15 is 0 Å². The van der Waals surface area contributed by atoms with Gasteiger partial charge in [0.2, 0.25) is 5.95 Å². The predicted octanol–water partition coefficient (Wildman–Crippen LogP) is 0.529. The van der Waals surface area contributed by atoms with E-state index in [1.807, 2.05) is 25.7 Å². The zero-order chi connectivity index (χ0) is 14.3. The number of hydrogen-bond acceptors (Lipinski definition) is 7. The van der Waals surface area contributed by atoms with Crippen LogP contribution >= 0.6 is 0 Å². The lowest BCUT2D eigenvalue weighted by atomic mass is 10.1. The Morgan fingerprint density at radius 2 is 2.15 bits per heavy atom. The quantitative estimate of drug-likeness (QED) is 0.735. The fraction of sp³-hybridized carbons (Fsp3) is 0.667. The molecule has 1 saturated heterocycles. The average molecular weight is 277 g/mol. The Kier molecular flexibility index (Phi) is 2.97. The fourth-order valence-electron chi connectivity index (χ4n) is 2.28. The molecule has 1 atom stereocenters. The topological polar surface area (TPSA) is 103 Å². The minimum absolute atomic E-state index is 0.136. The van der Waals surface area contributed by atoms with Crippen LogP contribution in [-0.4, -0.2) is 55.2 Å². The largest absolute Gasteiger partial charge is 0.391 e. The summed E-state index contributed by atoms with van der Waals surface area (Å²) in [5.74, 6) is 1.25. The maximum Gasteiger partial charge on any atom is 0.227 e. The summed E-state index contributed by atoms with van der Waals surface area (Å²) in [6.07, 6.45) is 0.428. The summed E-state index contributed by atoms with van der Waals surface area (Å²) < 4.78 is 0. The van der Waals surface area contributed by atoms with Gasteiger partial charge in [0.05, 0.1) is 6.10 Å². The van der Waals surface area contributed by atoms with Gasteiger partial charge in [-0.25, -0.2) is 5.10 Å². The van der Waals surface area contributed by atoms with E-state index in [0.29, 0.717) is 29.5 Å². The second kappa shape index (κ2) is 4.55. The second-order valence-corrected chi connectivity index (χ2v) is 6.14. The van der Waals surface area contributed by atoms with Crippen LogP contribution in [0.1, 0.15) is 27.2 Å². The Hall–Kier alpha value is -1.96. The van der Waals surface area contributed by atoms with Crippen LogP contribution in [0.15, 0.2) is 0 Å². The molecular weight excluding hydrogens is 258 g/mol. The van der Waals surface area contributed by atoms with E-state index in [9.17, 15) is 5.11 Å². The first kappa shape index (κ1) is 13.0. The van der Waals surface area contributed by atoms with Gasteiger partial charge in [0.15, 0.2) is 17.0 Å². The van der Waals surface area contributed by atoms with Crippen molar-refractivity contribution in [1.82, 2.24) is 25.4 Å². The summed E-state index contributed by atoms with van der Waals surface area (Å²) in [5, 5.41) is 23.6. The van der Waals surface area contributed by atoms with Crippen LogP contribution in [0.5, 0.6) is 0 Å². The molecule has 0 bridgehead atoms. The SMILES string of the molecule is CC(C)(C)Nc1nc(N2CCC(O)C2)c2nn[nH]c2n1. The van der Waals surface area contributed by atoms with Gasteiger partial charge in [-0.2, -0.15) is 9.97 Å². The molecule has 3 rings (SSSR count). The van der Waals surface area contributed by atoms with Crippen LogP contribution in [-0.2, 0) is 0 Å². The van der Waals surface area contributed by atoms with Gasteiger partial charge < -0.3 is 15.3 Å². The standard InChI is InChI=1S/C12H19N7O/c1-12(2,3)15-11-13-9-8(16-18-17-9)10(14-11)19-5-4-7(20)6-19/h7,20H,4-6H2,1-3H3,(H2,13,14,15,16,17,18). The lowest BCUT2D eigenvalue weighted by Crippen LogP contribution is -2.28. The molecule has 0 aliphatic carbocycles. The molecule has 0 saturated carbocycles. The zero-order valence-corrected chi connectivity index (χ0v) is 11.9.